The third-order valence-corrected chi connectivity index (χ3v) is 3.84. The van der Waals surface area contributed by atoms with Gasteiger partial charge in [0.15, 0.2) is 0 Å². The fraction of sp³-hybridized carbons (Fsp3) is 0.211. The highest BCUT2D eigenvalue weighted by Gasteiger charge is 2.10. The van der Waals surface area contributed by atoms with Crippen LogP contribution >= 0.6 is 0 Å². The van der Waals surface area contributed by atoms with E-state index in [9.17, 15) is 9.65 Å². The first-order valence-corrected chi connectivity index (χ1v) is 7.57. The number of halogens is 1. The van der Waals surface area contributed by atoms with Gasteiger partial charge < -0.3 is 9.64 Å². The van der Waals surface area contributed by atoms with Crippen molar-refractivity contribution in [1.82, 2.24) is 0 Å². The Morgan fingerprint density at radius 2 is 1.87 bits per heavy atom. The van der Waals surface area contributed by atoms with Crippen LogP contribution in [0, 0.1) is 17.1 Å². The Kier molecular flexibility index (Phi) is 4.70. The lowest BCUT2D eigenvalue weighted by Crippen LogP contribution is -2.36. The van der Waals surface area contributed by atoms with Crippen LogP contribution in [0.4, 0.5) is 10.1 Å². The summed E-state index contributed by atoms with van der Waals surface area (Å²) in [6.45, 7) is 3.28. The average molecular weight is 308 g/mol. The minimum Gasteiger partial charge on any atom is -0.378 e. The van der Waals surface area contributed by atoms with Crippen LogP contribution in [0.3, 0.4) is 0 Å². The number of nitrogens with zero attached hydrogens (tertiary/aromatic N) is 2. The van der Waals surface area contributed by atoms with Gasteiger partial charge in [0, 0.05) is 18.8 Å². The van der Waals surface area contributed by atoms with Gasteiger partial charge >= 0.3 is 0 Å². The lowest BCUT2D eigenvalue weighted by Gasteiger charge is -2.28. The molecule has 0 spiro atoms. The molecule has 0 unspecified atom stereocenters. The minimum atomic E-state index is -0.341. The van der Waals surface area contributed by atoms with Crippen LogP contribution in [0.2, 0.25) is 0 Å². The highest BCUT2D eigenvalue weighted by Crippen LogP contribution is 2.21. The maximum atomic E-state index is 13.3. The molecule has 1 aliphatic rings. The number of benzene rings is 2. The molecule has 1 heterocycles. The maximum Gasteiger partial charge on any atom is 0.123 e. The summed E-state index contributed by atoms with van der Waals surface area (Å²) in [6, 6.07) is 16.3. The van der Waals surface area contributed by atoms with E-state index < -0.39 is 0 Å². The lowest BCUT2D eigenvalue weighted by atomic mass is 10.0. The van der Waals surface area contributed by atoms with Crippen molar-refractivity contribution in [3.63, 3.8) is 0 Å². The molecule has 2 aromatic carbocycles. The summed E-state index contributed by atoms with van der Waals surface area (Å²) in [5.41, 5.74) is 3.10. The number of nitriles is 1. The Balaban J connectivity index is 1.82. The van der Waals surface area contributed by atoms with Crippen molar-refractivity contribution in [3.8, 4) is 6.07 Å². The molecule has 1 fully saturated rings. The van der Waals surface area contributed by atoms with E-state index in [1.165, 1.54) is 12.1 Å². The predicted octanol–water partition coefficient (Wildman–Crippen LogP) is 3.73. The number of morpholine rings is 1. The summed E-state index contributed by atoms with van der Waals surface area (Å²) in [4.78, 5) is 2.27. The zero-order valence-electron chi connectivity index (χ0n) is 12.7. The molecule has 116 valence electrons. The number of anilines is 1. The second-order valence-corrected chi connectivity index (χ2v) is 5.37. The fourth-order valence-electron chi connectivity index (χ4n) is 2.61. The van der Waals surface area contributed by atoms with Crippen LogP contribution in [0.5, 0.6) is 0 Å². The van der Waals surface area contributed by atoms with Crippen LogP contribution < -0.4 is 4.90 Å². The van der Waals surface area contributed by atoms with Crippen LogP contribution in [0.25, 0.3) is 11.6 Å². The van der Waals surface area contributed by atoms with Gasteiger partial charge in [0.25, 0.3) is 0 Å². The summed E-state index contributed by atoms with van der Waals surface area (Å²) < 4.78 is 18.7. The topological polar surface area (TPSA) is 36.3 Å². The van der Waals surface area contributed by atoms with Gasteiger partial charge in [-0.2, -0.15) is 5.26 Å². The monoisotopic (exact) mass is 308 g/mol. The summed E-state index contributed by atoms with van der Waals surface area (Å²) in [5, 5.41) is 9.33. The molecule has 0 amide bonds. The Labute approximate surface area is 135 Å². The van der Waals surface area contributed by atoms with Crippen molar-refractivity contribution in [1.29, 1.82) is 5.26 Å². The van der Waals surface area contributed by atoms with Crippen molar-refractivity contribution >= 4 is 17.3 Å². The van der Waals surface area contributed by atoms with Crippen molar-refractivity contribution in [2.24, 2.45) is 0 Å². The summed E-state index contributed by atoms with van der Waals surface area (Å²) >= 11 is 0. The van der Waals surface area contributed by atoms with Gasteiger partial charge in [0.05, 0.1) is 24.9 Å². The summed E-state index contributed by atoms with van der Waals surface area (Å²) in [5.74, 6) is -0.341. The molecule has 0 aromatic heterocycles. The Morgan fingerprint density at radius 1 is 1.13 bits per heavy atom. The summed E-state index contributed by atoms with van der Waals surface area (Å²) in [7, 11) is 0. The molecule has 3 rings (SSSR count). The molecule has 1 saturated heterocycles. The van der Waals surface area contributed by atoms with Crippen molar-refractivity contribution in [2.45, 2.75) is 0 Å². The van der Waals surface area contributed by atoms with Crippen molar-refractivity contribution < 1.29 is 9.13 Å². The number of ether oxygens (including phenoxy) is 1. The molecule has 4 heteroatoms. The zero-order chi connectivity index (χ0) is 16.1. The van der Waals surface area contributed by atoms with Crippen LogP contribution in [-0.2, 0) is 4.74 Å². The molecule has 2 aromatic rings. The SMILES string of the molecule is N#C/C(=C/c1ccc(N2CCOCC2)cc1)c1cccc(F)c1. The molecule has 3 nitrogen and oxygen atoms in total. The molecule has 0 aliphatic carbocycles. The van der Waals surface area contributed by atoms with Gasteiger partial charge in [-0.05, 0) is 41.5 Å². The van der Waals surface area contributed by atoms with Gasteiger partial charge in [0.1, 0.15) is 5.82 Å². The molecular weight excluding hydrogens is 291 g/mol. The van der Waals surface area contributed by atoms with Crippen LogP contribution in [0.15, 0.2) is 48.5 Å². The highest BCUT2D eigenvalue weighted by molar-refractivity contribution is 5.89. The van der Waals surface area contributed by atoms with E-state index in [-0.39, 0.29) is 5.82 Å². The first-order valence-electron chi connectivity index (χ1n) is 7.57. The second-order valence-electron chi connectivity index (χ2n) is 5.37. The minimum absolute atomic E-state index is 0.341. The molecule has 0 saturated carbocycles. The Hall–Kier alpha value is -2.64. The van der Waals surface area contributed by atoms with Crippen molar-refractivity contribution in [2.75, 3.05) is 31.2 Å². The standard InChI is InChI=1S/C19H17FN2O/c20-18-3-1-2-16(13-18)17(14-21)12-15-4-6-19(7-5-15)22-8-10-23-11-9-22/h1-7,12-13H,8-11H2/b17-12-. The third-order valence-electron chi connectivity index (χ3n) is 3.84. The highest BCUT2D eigenvalue weighted by atomic mass is 19.1. The van der Waals surface area contributed by atoms with E-state index in [4.69, 9.17) is 4.74 Å². The first kappa shape index (κ1) is 15.3. The smallest absolute Gasteiger partial charge is 0.123 e. The first-order chi connectivity index (χ1) is 11.3. The van der Waals surface area contributed by atoms with E-state index in [0.29, 0.717) is 11.1 Å². The number of hydrogen-bond donors (Lipinski definition) is 0. The molecule has 0 atom stereocenters. The van der Waals surface area contributed by atoms with E-state index in [2.05, 4.69) is 11.0 Å². The van der Waals surface area contributed by atoms with E-state index in [1.54, 1.807) is 18.2 Å². The van der Waals surface area contributed by atoms with Crippen LogP contribution in [-0.4, -0.2) is 26.3 Å². The predicted molar refractivity (Wildman–Crippen MR) is 89.4 cm³/mol. The molecule has 23 heavy (non-hydrogen) atoms. The third kappa shape index (κ3) is 3.77. The lowest BCUT2D eigenvalue weighted by molar-refractivity contribution is 0.122. The van der Waals surface area contributed by atoms with E-state index >= 15 is 0 Å². The average Bonchev–Trinajstić information content (AvgIpc) is 2.61. The summed E-state index contributed by atoms with van der Waals surface area (Å²) in [6.07, 6.45) is 1.78. The van der Waals surface area contributed by atoms with Gasteiger partial charge in [-0.1, -0.05) is 24.3 Å². The quantitative estimate of drug-likeness (QED) is 0.640. The van der Waals surface area contributed by atoms with Gasteiger partial charge in [-0.25, -0.2) is 4.39 Å². The van der Waals surface area contributed by atoms with Crippen molar-refractivity contribution in [3.05, 3.63) is 65.5 Å². The maximum absolute atomic E-state index is 13.3. The molecular formula is C19H17FN2O. The normalized spacial score (nSPS) is 15.3. The molecule has 0 N–H and O–H groups in total. The Bertz CT molecular complexity index is 741. The van der Waals surface area contributed by atoms with Gasteiger partial charge in [0.2, 0.25) is 0 Å². The number of allylic oxidation sites excluding steroid dienone is 1. The molecule has 0 bridgehead atoms. The number of rotatable bonds is 3. The van der Waals surface area contributed by atoms with Gasteiger partial charge in [-0.15, -0.1) is 0 Å². The zero-order valence-corrected chi connectivity index (χ0v) is 12.7. The van der Waals surface area contributed by atoms with Gasteiger partial charge in [-0.3, -0.25) is 0 Å². The largest absolute Gasteiger partial charge is 0.378 e. The van der Waals surface area contributed by atoms with E-state index in [0.717, 1.165) is 37.6 Å². The number of hydrogen-bond acceptors (Lipinski definition) is 3. The Morgan fingerprint density at radius 3 is 2.52 bits per heavy atom. The molecule has 1 aliphatic heterocycles. The second kappa shape index (κ2) is 7.08. The van der Waals surface area contributed by atoms with Crippen LogP contribution in [0.1, 0.15) is 11.1 Å². The fourth-order valence-corrected chi connectivity index (χ4v) is 2.61. The van der Waals surface area contributed by atoms with E-state index in [1.807, 2.05) is 24.3 Å². The molecule has 0 radical (unpaired) electrons.